The van der Waals surface area contributed by atoms with Crippen molar-refractivity contribution in [2.24, 2.45) is 11.3 Å². The van der Waals surface area contributed by atoms with Gasteiger partial charge in [0.25, 0.3) is 5.91 Å². The molecular weight excluding hydrogens is 280 g/mol. The normalized spacial score (nSPS) is 13.0. The standard InChI is InChI=1S/C17H28N2O3/c1-12(2)10-22-16-14(7-6-8-18-16)15(21)19-11-17(4,5)9-13(3)20/h6-8,12-13,20H,9-11H2,1-5H3,(H,19,21). The van der Waals surface area contributed by atoms with Gasteiger partial charge in [-0.05, 0) is 36.8 Å². The number of rotatable bonds is 8. The lowest BCUT2D eigenvalue weighted by Gasteiger charge is -2.26. The third-order valence-electron chi connectivity index (χ3n) is 3.14. The SMILES string of the molecule is CC(C)COc1ncccc1C(=O)NCC(C)(C)CC(C)O. The van der Waals surface area contributed by atoms with Gasteiger partial charge < -0.3 is 15.2 Å². The third kappa shape index (κ3) is 6.43. The van der Waals surface area contributed by atoms with E-state index in [1.165, 1.54) is 0 Å². The summed E-state index contributed by atoms with van der Waals surface area (Å²) in [4.78, 5) is 16.5. The highest BCUT2D eigenvalue weighted by Crippen LogP contribution is 2.22. The second kappa shape index (κ2) is 8.13. The molecule has 0 saturated carbocycles. The Labute approximate surface area is 133 Å². The number of carbonyl (C=O) groups excluding carboxylic acids is 1. The summed E-state index contributed by atoms with van der Waals surface area (Å²) >= 11 is 0. The molecule has 0 aliphatic heterocycles. The first-order valence-electron chi connectivity index (χ1n) is 7.75. The number of aliphatic hydroxyl groups is 1. The van der Waals surface area contributed by atoms with Crippen molar-refractivity contribution in [3.05, 3.63) is 23.9 Å². The predicted octanol–water partition coefficient (Wildman–Crippen LogP) is 2.64. The number of nitrogens with one attached hydrogen (secondary N) is 1. The smallest absolute Gasteiger partial charge is 0.256 e. The van der Waals surface area contributed by atoms with E-state index in [2.05, 4.69) is 10.3 Å². The van der Waals surface area contributed by atoms with Crippen LogP contribution in [-0.2, 0) is 0 Å². The summed E-state index contributed by atoms with van der Waals surface area (Å²) in [6, 6.07) is 3.43. The zero-order valence-corrected chi connectivity index (χ0v) is 14.2. The summed E-state index contributed by atoms with van der Waals surface area (Å²) in [5.74, 6) is 0.524. The van der Waals surface area contributed by atoms with Gasteiger partial charge in [0.05, 0.1) is 12.7 Å². The summed E-state index contributed by atoms with van der Waals surface area (Å²) in [6.45, 7) is 10.9. The van der Waals surface area contributed by atoms with Crippen molar-refractivity contribution < 1.29 is 14.6 Å². The Bertz CT molecular complexity index is 485. The molecule has 2 N–H and O–H groups in total. The second-order valence-electron chi connectivity index (χ2n) is 6.96. The number of hydrogen-bond donors (Lipinski definition) is 2. The van der Waals surface area contributed by atoms with Crippen LogP contribution >= 0.6 is 0 Å². The van der Waals surface area contributed by atoms with Gasteiger partial charge in [0.1, 0.15) is 5.56 Å². The van der Waals surface area contributed by atoms with Crippen LogP contribution in [0.2, 0.25) is 0 Å². The summed E-state index contributed by atoms with van der Waals surface area (Å²) in [6.07, 6.45) is 1.84. The van der Waals surface area contributed by atoms with Gasteiger partial charge in [-0.1, -0.05) is 27.7 Å². The fourth-order valence-electron chi connectivity index (χ4n) is 2.21. The molecule has 0 aromatic carbocycles. The van der Waals surface area contributed by atoms with E-state index in [0.717, 1.165) is 0 Å². The highest BCUT2D eigenvalue weighted by molar-refractivity contribution is 5.96. The van der Waals surface area contributed by atoms with Crippen molar-refractivity contribution >= 4 is 5.91 Å². The Kier molecular flexibility index (Phi) is 6.81. The number of carbonyl (C=O) groups is 1. The number of aliphatic hydroxyl groups excluding tert-OH is 1. The van der Waals surface area contributed by atoms with Crippen LogP contribution in [0.25, 0.3) is 0 Å². The Balaban J connectivity index is 2.69. The van der Waals surface area contributed by atoms with Crippen molar-refractivity contribution in [3.8, 4) is 5.88 Å². The first-order valence-corrected chi connectivity index (χ1v) is 7.75. The molecule has 0 radical (unpaired) electrons. The lowest BCUT2D eigenvalue weighted by Crippen LogP contribution is -2.36. The van der Waals surface area contributed by atoms with E-state index in [4.69, 9.17) is 4.74 Å². The third-order valence-corrected chi connectivity index (χ3v) is 3.14. The Morgan fingerprint density at radius 2 is 2.09 bits per heavy atom. The van der Waals surface area contributed by atoms with Gasteiger partial charge in [0.2, 0.25) is 5.88 Å². The number of pyridine rings is 1. The van der Waals surface area contributed by atoms with Crippen molar-refractivity contribution in [2.75, 3.05) is 13.2 Å². The Morgan fingerprint density at radius 1 is 1.41 bits per heavy atom. The lowest BCUT2D eigenvalue weighted by atomic mass is 9.87. The quantitative estimate of drug-likeness (QED) is 0.774. The minimum atomic E-state index is -0.393. The largest absolute Gasteiger partial charge is 0.477 e. The predicted molar refractivity (Wildman–Crippen MR) is 87.0 cm³/mol. The molecule has 5 heteroatoms. The monoisotopic (exact) mass is 308 g/mol. The minimum Gasteiger partial charge on any atom is -0.477 e. The van der Waals surface area contributed by atoms with Crippen molar-refractivity contribution in [3.63, 3.8) is 0 Å². The molecule has 0 fully saturated rings. The summed E-state index contributed by atoms with van der Waals surface area (Å²) in [5, 5.41) is 12.4. The van der Waals surface area contributed by atoms with Crippen LogP contribution in [0.15, 0.2) is 18.3 Å². The van der Waals surface area contributed by atoms with Gasteiger partial charge in [-0.3, -0.25) is 4.79 Å². The number of aromatic nitrogens is 1. The van der Waals surface area contributed by atoms with E-state index < -0.39 is 6.10 Å². The van der Waals surface area contributed by atoms with Crippen LogP contribution in [0.3, 0.4) is 0 Å². The molecule has 0 aliphatic rings. The van der Waals surface area contributed by atoms with Crippen LogP contribution in [0.1, 0.15) is 51.4 Å². The summed E-state index contributed by atoms with van der Waals surface area (Å²) in [5.41, 5.74) is 0.265. The van der Waals surface area contributed by atoms with Gasteiger partial charge in [-0.15, -0.1) is 0 Å². The van der Waals surface area contributed by atoms with Gasteiger partial charge in [0, 0.05) is 12.7 Å². The molecule has 124 valence electrons. The van der Waals surface area contributed by atoms with Crippen molar-refractivity contribution in [1.82, 2.24) is 10.3 Å². The van der Waals surface area contributed by atoms with Gasteiger partial charge >= 0.3 is 0 Å². The van der Waals surface area contributed by atoms with E-state index >= 15 is 0 Å². The molecule has 1 aromatic heterocycles. The lowest BCUT2D eigenvalue weighted by molar-refractivity contribution is 0.0896. The summed E-state index contributed by atoms with van der Waals surface area (Å²) in [7, 11) is 0. The van der Waals surface area contributed by atoms with E-state index in [-0.39, 0.29) is 11.3 Å². The van der Waals surface area contributed by atoms with Crippen molar-refractivity contribution in [1.29, 1.82) is 0 Å². The maximum atomic E-state index is 12.3. The zero-order chi connectivity index (χ0) is 16.8. The van der Waals surface area contributed by atoms with E-state index in [1.807, 2.05) is 27.7 Å². The molecule has 0 bridgehead atoms. The molecule has 1 heterocycles. The molecule has 0 saturated heterocycles. The number of ether oxygens (including phenoxy) is 1. The number of hydrogen-bond acceptors (Lipinski definition) is 4. The molecule has 1 aromatic rings. The van der Waals surface area contributed by atoms with Crippen LogP contribution in [-0.4, -0.2) is 35.3 Å². The van der Waals surface area contributed by atoms with Crippen LogP contribution < -0.4 is 10.1 Å². The van der Waals surface area contributed by atoms with Crippen LogP contribution in [0.5, 0.6) is 5.88 Å². The first kappa shape index (κ1) is 18.4. The van der Waals surface area contributed by atoms with E-state index in [0.29, 0.717) is 36.9 Å². The van der Waals surface area contributed by atoms with Crippen LogP contribution in [0, 0.1) is 11.3 Å². The number of amides is 1. The fourth-order valence-corrected chi connectivity index (χ4v) is 2.21. The average Bonchev–Trinajstić information content (AvgIpc) is 2.41. The Morgan fingerprint density at radius 3 is 2.68 bits per heavy atom. The molecule has 1 unspecified atom stereocenters. The highest BCUT2D eigenvalue weighted by Gasteiger charge is 2.22. The van der Waals surface area contributed by atoms with E-state index in [9.17, 15) is 9.90 Å². The molecule has 0 spiro atoms. The van der Waals surface area contributed by atoms with Gasteiger partial charge in [-0.2, -0.15) is 0 Å². The first-order chi connectivity index (χ1) is 10.2. The second-order valence-corrected chi connectivity index (χ2v) is 6.96. The molecule has 1 amide bonds. The maximum absolute atomic E-state index is 12.3. The highest BCUT2D eigenvalue weighted by atomic mass is 16.5. The van der Waals surface area contributed by atoms with Crippen LogP contribution in [0.4, 0.5) is 0 Å². The van der Waals surface area contributed by atoms with E-state index in [1.54, 1.807) is 25.3 Å². The molecular formula is C17H28N2O3. The maximum Gasteiger partial charge on any atom is 0.256 e. The molecule has 0 aliphatic carbocycles. The van der Waals surface area contributed by atoms with Crippen molar-refractivity contribution in [2.45, 2.75) is 47.1 Å². The van der Waals surface area contributed by atoms with Gasteiger partial charge in [0.15, 0.2) is 0 Å². The zero-order valence-electron chi connectivity index (χ0n) is 14.2. The minimum absolute atomic E-state index is 0.176. The molecule has 22 heavy (non-hydrogen) atoms. The summed E-state index contributed by atoms with van der Waals surface area (Å²) < 4.78 is 5.60. The molecule has 5 nitrogen and oxygen atoms in total. The average molecular weight is 308 g/mol. The fraction of sp³-hybridized carbons (Fsp3) is 0.647. The Hall–Kier alpha value is -1.62. The van der Waals surface area contributed by atoms with Gasteiger partial charge in [-0.25, -0.2) is 4.98 Å². The molecule has 1 rings (SSSR count). The topological polar surface area (TPSA) is 71.5 Å². The number of nitrogens with zero attached hydrogens (tertiary/aromatic N) is 1. The molecule has 1 atom stereocenters.